The molecule has 6 heteroatoms. The number of nitrogens with zero attached hydrogens (tertiary/aromatic N) is 3. The Hall–Kier alpha value is -2.73. The first-order chi connectivity index (χ1) is 12.1. The van der Waals surface area contributed by atoms with Gasteiger partial charge in [-0.25, -0.2) is 0 Å². The highest BCUT2D eigenvalue weighted by molar-refractivity contribution is 7.11. The Morgan fingerprint density at radius 3 is 2.76 bits per heavy atom. The van der Waals surface area contributed by atoms with Gasteiger partial charge in [0.2, 0.25) is 0 Å². The van der Waals surface area contributed by atoms with Gasteiger partial charge in [-0.1, -0.05) is 30.3 Å². The van der Waals surface area contributed by atoms with Crippen molar-refractivity contribution in [1.29, 1.82) is 0 Å². The van der Waals surface area contributed by atoms with E-state index in [0.717, 1.165) is 16.8 Å². The summed E-state index contributed by atoms with van der Waals surface area (Å²) >= 11 is 1.35. The minimum atomic E-state index is 0.00302. The molecular weight excluding hydrogens is 334 g/mol. The third-order valence-corrected chi connectivity index (χ3v) is 5.39. The molecule has 1 aliphatic rings. The van der Waals surface area contributed by atoms with E-state index in [9.17, 15) is 9.59 Å². The summed E-state index contributed by atoms with van der Waals surface area (Å²) in [5.74, 6) is 0.00302. The van der Waals surface area contributed by atoms with Crippen LogP contribution in [0.1, 0.15) is 20.9 Å². The zero-order chi connectivity index (χ0) is 17.4. The van der Waals surface area contributed by atoms with Crippen LogP contribution in [0.3, 0.4) is 0 Å². The van der Waals surface area contributed by atoms with E-state index in [1.807, 2.05) is 48.3 Å². The van der Waals surface area contributed by atoms with Crippen molar-refractivity contribution in [2.45, 2.75) is 13.0 Å². The first-order valence-corrected chi connectivity index (χ1v) is 8.98. The Bertz CT molecular complexity index is 978. The van der Waals surface area contributed by atoms with E-state index in [-0.39, 0.29) is 11.5 Å². The molecule has 4 rings (SSSR count). The average Bonchev–Trinajstić information content (AvgIpc) is 3.19. The highest BCUT2D eigenvalue weighted by Crippen LogP contribution is 2.24. The molecule has 0 saturated carbocycles. The highest BCUT2D eigenvalue weighted by atomic mass is 32.1. The van der Waals surface area contributed by atoms with Crippen LogP contribution in [0, 0.1) is 0 Å². The van der Waals surface area contributed by atoms with Gasteiger partial charge in [0.05, 0.1) is 11.7 Å². The molecule has 1 aromatic carbocycles. The lowest BCUT2D eigenvalue weighted by molar-refractivity contribution is 0.0737. The summed E-state index contributed by atoms with van der Waals surface area (Å²) in [7, 11) is 1.81. The number of hydrogen-bond acceptors (Lipinski definition) is 4. The quantitative estimate of drug-likeness (QED) is 0.713. The molecular formula is C19H17N3O2S. The predicted molar refractivity (Wildman–Crippen MR) is 97.7 cm³/mol. The van der Waals surface area contributed by atoms with E-state index in [0.29, 0.717) is 30.0 Å². The fourth-order valence-electron chi connectivity index (χ4n) is 3.30. The molecule has 25 heavy (non-hydrogen) atoms. The lowest BCUT2D eigenvalue weighted by atomic mass is 9.99. The molecule has 1 amide bonds. The number of benzene rings is 1. The molecule has 3 heterocycles. The van der Waals surface area contributed by atoms with Gasteiger partial charge in [-0.3, -0.25) is 14.6 Å². The summed E-state index contributed by atoms with van der Waals surface area (Å²) in [6.45, 7) is 1.13. The highest BCUT2D eigenvalue weighted by Gasteiger charge is 2.25. The molecule has 0 saturated heterocycles. The van der Waals surface area contributed by atoms with Crippen LogP contribution in [-0.2, 0) is 20.0 Å². The Balaban J connectivity index is 1.73. The van der Waals surface area contributed by atoms with Gasteiger partial charge in [0.15, 0.2) is 0 Å². The molecule has 0 unspecified atom stereocenters. The fraction of sp³-hybridized carbons (Fsp3) is 0.211. The molecule has 0 N–H and O–H groups in total. The normalized spacial score (nSPS) is 13.6. The summed E-state index contributed by atoms with van der Waals surface area (Å²) in [4.78, 5) is 31.8. The molecule has 0 radical (unpaired) electrons. The lowest BCUT2D eigenvalue weighted by Crippen LogP contribution is -2.38. The van der Waals surface area contributed by atoms with Gasteiger partial charge in [-0.05, 0) is 17.2 Å². The van der Waals surface area contributed by atoms with Gasteiger partial charge in [-0.15, -0.1) is 11.3 Å². The second-order valence-electron chi connectivity index (χ2n) is 6.10. The van der Waals surface area contributed by atoms with E-state index in [1.165, 1.54) is 11.3 Å². The zero-order valence-electron chi connectivity index (χ0n) is 13.8. The number of aromatic nitrogens is 2. The van der Waals surface area contributed by atoms with Crippen molar-refractivity contribution in [3.05, 3.63) is 74.6 Å². The largest absolute Gasteiger partial charge is 0.333 e. The van der Waals surface area contributed by atoms with Crippen LogP contribution >= 0.6 is 11.3 Å². The third-order valence-electron chi connectivity index (χ3n) is 4.62. The molecule has 3 aromatic rings. The van der Waals surface area contributed by atoms with Crippen molar-refractivity contribution in [3.63, 3.8) is 0 Å². The second kappa shape index (κ2) is 6.29. The summed E-state index contributed by atoms with van der Waals surface area (Å²) in [6.07, 6.45) is 2.29. The molecule has 1 aliphatic heterocycles. The Labute approximate surface area is 149 Å². The smallest absolute Gasteiger partial charge is 0.265 e. The van der Waals surface area contributed by atoms with Crippen molar-refractivity contribution in [3.8, 4) is 11.1 Å². The average molecular weight is 351 g/mol. The predicted octanol–water partition coefficient (Wildman–Crippen LogP) is 2.71. The number of pyridine rings is 1. The van der Waals surface area contributed by atoms with Crippen molar-refractivity contribution in [2.24, 2.45) is 7.05 Å². The number of rotatable bonds is 2. The Morgan fingerprint density at radius 2 is 2.04 bits per heavy atom. The number of carbonyl (C=O) groups is 1. The molecule has 0 bridgehead atoms. The minimum absolute atomic E-state index is 0.00302. The van der Waals surface area contributed by atoms with Crippen LogP contribution in [0.25, 0.3) is 11.1 Å². The van der Waals surface area contributed by atoms with E-state index in [1.54, 1.807) is 16.3 Å². The summed E-state index contributed by atoms with van der Waals surface area (Å²) in [5.41, 5.74) is 5.29. The Morgan fingerprint density at radius 1 is 1.24 bits per heavy atom. The van der Waals surface area contributed by atoms with E-state index >= 15 is 0 Å². The molecule has 0 aliphatic carbocycles. The first-order valence-electron chi connectivity index (χ1n) is 8.10. The second-order valence-corrected chi connectivity index (χ2v) is 6.99. The van der Waals surface area contributed by atoms with Gasteiger partial charge in [0.25, 0.3) is 11.5 Å². The number of amides is 1. The van der Waals surface area contributed by atoms with Crippen LogP contribution < -0.4 is 5.56 Å². The standard InChI is InChI=1S/C19H17N3O2S/c1-21-16-7-8-22(19(24)17-10-20-12-25-17)11-14(16)9-15(18(21)23)13-5-3-2-4-6-13/h2-6,9-10,12H,7-8,11H2,1H3. The molecule has 0 atom stereocenters. The molecule has 5 nitrogen and oxygen atoms in total. The van der Waals surface area contributed by atoms with Crippen molar-refractivity contribution in [2.75, 3.05) is 6.54 Å². The first kappa shape index (κ1) is 15.8. The zero-order valence-corrected chi connectivity index (χ0v) is 14.6. The van der Waals surface area contributed by atoms with Crippen LogP contribution in [0.15, 0.2) is 52.9 Å². The fourth-order valence-corrected chi connectivity index (χ4v) is 3.89. The van der Waals surface area contributed by atoms with E-state index in [2.05, 4.69) is 4.98 Å². The number of carbonyl (C=O) groups excluding carboxylic acids is 1. The van der Waals surface area contributed by atoms with Gasteiger partial charge in [-0.2, -0.15) is 0 Å². The lowest BCUT2D eigenvalue weighted by Gasteiger charge is -2.30. The van der Waals surface area contributed by atoms with Crippen LogP contribution in [0.2, 0.25) is 0 Å². The molecule has 2 aromatic heterocycles. The van der Waals surface area contributed by atoms with Gasteiger partial charge in [0, 0.05) is 37.8 Å². The van der Waals surface area contributed by atoms with E-state index in [4.69, 9.17) is 0 Å². The van der Waals surface area contributed by atoms with Crippen LogP contribution in [0.4, 0.5) is 0 Å². The minimum Gasteiger partial charge on any atom is -0.333 e. The third kappa shape index (κ3) is 2.78. The van der Waals surface area contributed by atoms with Crippen molar-refractivity contribution >= 4 is 17.2 Å². The summed E-state index contributed by atoms with van der Waals surface area (Å²) < 4.78 is 1.73. The number of thiazole rings is 1. The van der Waals surface area contributed by atoms with Gasteiger partial charge >= 0.3 is 0 Å². The molecule has 126 valence electrons. The SMILES string of the molecule is Cn1c2c(cc(-c3ccccc3)c1=O)CN(C(=O)c1cncs1)CC2. The van der Waals surface area contributed by atoms with E-state index < -0.39 is 0 Å². The molecule has 0 fully saturated rings. The van der Waals surface area contributed by atoms with Crippen molar-refractivity contribution < 1.29 is 4.79 Å². The molecule has 0 spiro atoms. The topological polar surface area (TPSA) is 55.2 Å². The summed E-state index contributed by atoms with van der Waals surface area (Å²) in [5, 5.41) is 0. The monoisotopic (exact) mass is 351 g/mol. The summed E-state index contributed by atoms with van der Waals surface area (Å²) in [6, 6.07) is 11.6. The van der Waals surface area contributed by atoms with Crippen LogP contribution in [0.5, 0.6) is 0 Å². The number of hydrogen-bond donors (Lipinski definition) is 0. The Kier molecular flexibility index (Phi) is 3.97. The van der Waals surface area contributed by atoms with Gasteiger partial charge in [0.1, 0.15) is 4.88 Å². The van der Waals surface area contributed by atoms with Gasteiger partial charge < -0.3 is 9.47 Å². The maximum atomic E-state index is 12.7. The number of fused-ring (bicyclic) bond motifs is 1. The maximum absolute atomic E-state index is 12.7. The maximum Gasteiger partial charge on any atom is 0.265 e. The van der Waals surface area contributed by atoms with Crippen molar-refractivity contribution in [1.82, 2.24) is 14.5 Å². The van der Waals surface area contributed by atoms with Crippen LogP contribution in [-0.4, -0.2) is 26.9 Å².